The van der Waals surface area contributed by atoms with Crippen molar-refractivity contribution in [3.63, 3.8) is 0 Å². The van der Waals surface area contributed by atoms with Crippen molar-refractivity contribution in [2.45, 2.75) is 29.9 Å². The second-order valence-electron chi connectivity index (χ2n) is 3.18. The number of rotatable bonds is 2. The van der Waals surface area contributed by atoms with Crippen molar-refractivity contribution in [3.8, 4) is 0 Å². The van der Waals surface area contributed by atoms with Crippen LogP contribution in [0.2, 0.25) is 0 Å². The molecule has 0 bridgehead atoms. The molecule has 0 spiro atoms. The third kappa shape index (κ3) is 1.86. The standard InChI is InChI=1S/C10H11BrS/c1-7-9(11)3-2-4-10(7)12-8-5-6-8/h2-4,8H,5-6H2,1H3. The van der Waals surface area contributed by atoms with Crippen LogP contribution in [0.3, 0.4) is 0 Å². The number of benzene rings is 1. The lowest BCUT2D eigenvalue weighted by molar-refractivity contribution is 1.27. The molecule has 1 aromatic rings. The van der Waals surface area contributed by atoms with Gasteiger partial charge in [0, 0.05) is 14.6 Å². The predicted octanol–water partition coefficient (Wildman–Crippen LogP) is 4.01. The Labute approximate surface area is 85.9 Å². The average Bonchev–Trinajstić information content (AvgIpc) is 2.83. The van der Waals surface area contributed by atoms with Gasteiger partial charge in [-0.05, 0) is 37.5 Å². The Morgan fingerprint density at radius 2 is 2.17 bits per heavy atom. The van der Waals surface area contributed by atoms with Crippen molar-refractivity contribution < 1.29 is 0 Å². The number of hydrogen-bond acceptors (Lipinski definition) is 1. The fourth-order valence-corrected chi connectivity index (χ4v) is 2.75. The Hall–Kier alpha value is 0.0500. The van der Waals surface area contributed by atoms with E-state index in [0.717, 1.165) is 5.25 Å². The highest BCUT2D eigenvalue weighted by Crippen LogP contribution is 2.41. The van der Waals surface area contributed by atoms with Crippen LogP contribution in [0.15, 0.2) is 27.6 Å². The largest absolute Gasteiger partial charge is 0.122 e. The van der Waals surface area contributed by atoms with Gasteiger partial charge in [-0.1, -0.05) is 22.0 Å². The molecule has 2 heteroatoms. The minimum Gasteiger partial charge on any atom is -0.122 e. The highest BCUT2D eigenvalue weighted by Gasteiger charge is 2.23. The van der Waals surface area contributed by atoms with Gasteiger partial charge >= 0.3 is 0 Å². The second kappa shape index (κ2) is 3.43. The van der Waals surface area contributed by atoms with Crippen molar-refractivity contribution in [3.05, 3.63) is 28.2 Å². The van der Waals surface area contributed by atoms with Gasteiger partial charge in [0.2, 0.25) is 0 Å². The van der Waals surface area contributed by atoms with Crippen LogP contribution in [0.1, 0.15) is 18.4 Å². The first-order chi connectivity index (χ1) is 5.77. The van der Waals surface area contributed by atoms with Gasteiger partial charge in [-0.15, -0.1) is 11.8 Å². The molecule has 0 aliphatic heterocycles. The maximum Gasteiger partial charge on any atom is 0.0215 e. The molecule has 0 heterocycles. The van der Waals surface area contributed by atoms with E-state index in [0.29, 0.717) is 0 Å². The molecule has 1 saturated carbocycles. The molecule has 64 valence electrons. The lowest BCUT2D eigenvalue weighted by atomic mass is 10.2. The van der Waals surface area contributed by atoms with Crippen LogP contribution in [0.25, 0.3) is 0 Å². The molecule has 0 aromatic heterocycles. The highest BCUT2D eigenvalue weighted by atomic mass is 79.9. The molecule has 0 saturated heterocycles. The van der Waals surface area contributed by atoms with Gasteiger partial charge in [0.05, 0.1) is 0 Å². The maximum atomic E-state index is 3.54. The third-order valence-corrected chi connectivity index (χ3v) is 4.40. The first kappa shape index (κ1) is 8.64. The fourth-order valence-electron chi connectivity index (χ4n) is 1.08. The van der Waals surface area contributed by atoms with Gasteiger partial charge in [-0.3, -0.25) is 0 Å². The summed E-state index contributed by atoms with van der Waals surface area (Å²) < 4.78 is 1.23. The summed E-state index contributed by atoms with van der Waals surface area (Å²) in [6, 6.07) is 6.43. The number of thioether (sulfide) groups is 1. The second-order valence-corrected chi connectivity index (χ2v) is 5.38. The van der Waals surface area contributed by atoms with Crippen LogP contribution >= 0.6 is 27.7 Å². The molecule has 0 nitrogen and oxygen atoms in total. The summed E-state index contributed by atoms with van der Waals surface area (Å²) in [5, 5.41) is 0.901. The summed E-state index contributed by atoms with van der Waals surface area (Å²) in [4.78, 5) is 1.44. The van der Waals surface area contributed by atoms with E-state index >= 15 is 0 Å². The summed E-state index contributed by atoms with van der Waals surface area (Å²) in [5.41, 5.74) is 1.38. The van der Waals surface area contributed by atoms with Gasteiger partial charge < -0.3 is 0 Å². The molecule has 0 unspecified atom stereocenters. The van der Waals surface area contributed by atoms with Crippen LogP contribution in [-0.4, -0.2) is 5.25 Å². The van der Waals surface area contributed by atoms with E-state index in [4.69, 9.17) is 0 Å². The van der Waals surface area contributed by atoms with Gasteiger partial charge in [-0.25, -0.2) is 0 Å². The fraction of sp³-hybridized carbons (Fsp3) is 0.400. The van der Waals surface area contributed by atoms with E-state index in [-0.39, 0.29) is 0 Å². The van der Waals surface area contributed by atoms with Crippen molar-refractivity contribution in [1.82, 2.24) is 0 Å². The smallest absolute Gasteiger partial charge is 0.0215 e. The maximum absolute atomic E-state index is 3.54. The van der Waals surface area contributed by atoms with Crippen LogP contribution in [0.5, 0.6) is 0 Å². The first-order valence-electron chi connectivity index (χ1n) is 4.19. The molecular weight excluding hydrogens is 232 g/mol. The molecule has 0 radical (unpaired) electrons. The minimum absolute atomic E-state index is 0.901. The molecular formula is C10H11BrS. The molecule has 1 aliphatic carbocycles. The summed E-state index contributed by atoms with van der Waals surface area (Å²) in [5.74, 6) is 0. The zero-order valence-electron chi connectivity index (χ0n) is 7.01. The van der Waals surface area contributed by atoms with Crippen LogP contribution in [0.4, 0.5) is 0 Å². The van der Waals surface area contributed by atoms with Crippen LogP contribution in [0, 0.1) is 6.92 Å². The molecule has 0 amide bonds. The van der Waals surface area contributed by atoms with E-state index in [1.54, 1.807) is 0 Å². The van der Waals surface area contributed by atoms with E-state index in [9.17, 15) is 0 Å². The van der Waals surface area contributed by atoms with E-state index in [2.05, 4.69) is 41.1 Å². The van der Waals surface area contributed by atoms with Gasteiger partial charge in [0.15, 0.2) is 0 Å². The summed E-state index contributed by atoms with van der Waals surface area (Å²) in [6.45, 7) is 2.18. The Balaban J connectivity index is 2.23. The monoisotopic (exact) mass is 242 g/mol. The Bertz CT molecular complexity index is 292. The molecule has 2 rings (SSSR count). The zero-order valence-corrected chi connectivity index (χ0v) is 9.41. The van der Waals surface area contributed by atoms with Gasteiger partial charge in [-0.2, -0.15) is 0 Å². The normalized spacial score (nSPS) is 16.5. The SMILES string of the molecule is Cc1c(Br)cccc1SC1CC1. The molecule has 1 fully saturated rings. The van der Waals surface area contributed by atoms with Crippen molar-refractivity contribution in [2.24, 2.45) is 0 Å². The molecule has 1 aliphatic rings. The van der Waals surface area contributed by atoms with Crippen molar-refractivity contribution in [1.29, 1.82) is 0 Å². The summed E-state index contributed by atoms with van der Waals surface area (Å²) in [7, 11) is 0. The van der Waals surface area contributed by atoms with Crippen molar-refractivity contribution in [2.75, 3.05) is 0 Å². The zero-order chi connectivity index (χ0) is 8.55. The molecule has 0 N–H and O–H groups in total. The molecule has 12 heavy (non-hydrogen) atoms. The predicted molar refractivity (Wildman–Crippen MR) is 57.8 cm³/mol. The van der Waals surface area contributed by atoms with E-state index < -0.39 is 0 Å². The lowest BCUT2D eigenvalue weighted by Crippen LogP contribution is -1.82. The lowest BCUT2D eigenvalue weighted by Gasteiger charge is -2.05. The molecule has 1 aromatic carbocycles. The van der Waals surface area contributed by atoms with Gasteiger partial charge in [0.25, 0.3) is 0 Å². The quantitative estimate of drug-likeness (QED) is 0.756. The van der Waals surface area contributed by atoms with Crippen LogP contribution in [-0.2, 0) is 0 Å². The Morgan fingerprint density at radius 3 is 2.83 bits per heavy atom. The number of halogens is 1. The van der Waals surface area contributed by atoms with Crippen LogP contribution < -0.4 is 0 Å². The summed E-state index contributed by atoms with van der Waals surface area (Å²) in [6.07, 6.45) is 2.80. The van der Waals surface area contributed by atoms with E-state index in [1.807, 2.05) is 11.8 Å². The number of hydrogen-bond donors (Lipinski definition) is 0. The Kier molecular flexibility index (Phi) is 2.47. The summed E-state index contributed by atoms with van der Waals surface area (Å²) >= 11 is 5.56. The van der Waals surface area contributed by atoms with Gasteiger partial charge in [0.1, 0.15) is 0 Å². The topological polar surface area (TPSA) is 0 Å². The third-order valence-electron chi connectivity index (χ3n) is 2.04. The average molecular weight is 243 g/mol. The molecule has 0 atom stereocenters. The van der Waals surface area contributed by atoms with Crippen molar-refractivity contribution >= 4 is 27.7 Å². The first-order valence-corrected chi connectivity index (χ1v) is 5.86. The minimum atomic E-state index is 0.901. The van der Waals surface area contributed by atoms with E-state index in [1.165, 1.54) is 27.8 Å². The Morgan fingerprint density at radius 1 is 1.42 bits per heavy atom. The highest BCUT2D eigenvalue weighted by molar-refractivity contribution is 9.10.